The fourth-order valence-electron chi connectivity index (χ4n) is 3.49. The molecule has 6 heteroatoms. The van der Waals surface area contributed by atoms with E-state index in [1.54, 1.807) is 19.3 Å². The predicted octanol–water partition coefficient (Wildman–Crippen LogP) is 3.23. The number of hydrogen-bond acceptors (Lipinski definition) is 5. The Balaban J connectivity index is 2.02. The molecule has 1 heterocycles. The Hall–Kier alpha value is -3.38. The van der Waals surface area contributed by atoms with Crippen molar-refractivity contribution in [2.24, 2.45) is 0 Å². The molecular weight excluding hydrogens is 380 g/mol. The lowest BCUT2D eigenvalue weighted by Crippen LogP contribution is -2.36. The summed E-state index contributed by atoms with van der Waals surface area (Å²) in [7, 11) is 5.35. The van der Waals surface area contributed by atoms with Crippen molar-refractivity contribution in [3.63, 3.8) is 0 Å². The number of para-hydroxylation sites is 1. The number of ether oxygens (including phenoxy) is 1. The number of likely N-dealkylation sites (N-methyl/N-ethyl adjacent to an activating group) is 1. The van der Waals surface area contributed by atoms with Crippen LogP contribution >= 0.6 is 0 Å². The lowest BCUT2D eigenvalue weighted by Gasteiger charge is -2.28. The van der Waals surface area contributed by atoms with Gasteiger partial charge in [-0.3, -0.25) is 9.59 Å². The molecule has 30 heavy (non-hydrogen) atoms. The van der Waals surface area contributed by atoms with Gasteiger partial charge in [0.1, 0.15) is 5.75 Å². The van der Waals surface area contributed by atoms with Crippen molar-refractivity contribution in [1.29, 1.82) is 0 Å². The van der Waals surface area contributed by atoms with Gasteiger partial charge < -0.3 is 19.6 Å². The SMILES string of the molecule is COc1ccccc1C1C(C(=O)/C=C/c2ccccc2)=C(O)C(=O)N1CCN(C)C. The largest absolute Gasteiger partial charge is 0.503 e. The molecular formula is C24H26N2O4. The number of allylic oxidation sites excluding steroid dienone is 1. The zero-order valence-electron chi connectivity index (χ0n) is 17.4. The Kier molecular flexibility index (Phi) is 6.69. The zero-order chi connectivity index (χ0) is 21.7. The third-order valence-corrected chi connectivity index (χ3v) is 5.02. The summed E-state index contributed by atoms with van der Waals surface area (Å²) in [5, 5.41) is 10.6. The van der Waals surface area contributed by atoms with Gasteiger partial charge in [-0.2, -0.15) is 0 Å². The first kappa shape index (κ1) is 21.3. The molecule has 1 aliphatic rings. The van der Waals surface area contributed by atoms with Crippen LogP contribution < -0.4 is 4.74 Å². The van der Waals surface area contributed by atoms with Crippen LogP contribution in [0.15, 0.2) is 72.0 Å². The number of benzene rings is 2. The number of ketones is 1. The maximum absolute atomic E-state index is 13.1. The van der Waals surface area contributed by atoms with Gasteiger partial charge in [0.2, 0.25) is 0 Å². The van der Waals surface area contributed by atoms with E-state index in [4.69, 9.17) is 4.74 Å². The number of methoxy groups -OCH3 is 1. The van der Waals surface area contributed by atoms with Crippen molar-refractivity contribution in [2.75, 3.05) is 34.3 Å². The molecule has 0 aliphatic carbocycles. The summed E-state index contributed by atoms with van der Waals surface area (Å²) in [6.45, 7) is 0.948. The third kappa shape index (κ3) is 4.44. The number of hydrogen-bond donors (Lipinski definition) is 1. The molecule has 2 aromatic carbocycles. The third-order valence-electron chi connectivity index (χ3n) is 5.02. The van der Waals surface area contributed by atoms with E-state index in [-0.39, 0.29) is 5.57 Å². The summed E-state index contributed by atoms with van der Waals surface area (Å²) < 4.78 is 5.48. The Morgan fingerprint density at radius 3 is 2.47 bits per heavy atom. The minimum absolute atomic E-state index is 0.0652. The van der Waals surface area contributed by atoms with Crippen LogP contribution in [-0.2, 0) is 9.59 Å². The van der Waals surface area contributed by atoms with Crippen LogP contribution in [0.4, 0.5) is 0 Å². The Morgan fingerprint density at radius 2 is 1.80 bits per heavy atom. The summed E-state index contributed by atoms with van der Waals surface area (Å²) in [5.41, 5.74) is 1.58. The standard InChI is InChI=1S/C24H26N2O4/c1-25(2)15-16-26-22(18-11-7-8-12-20(18)30-3)21(23(28)24(26)29)19(27)14-13-17-9-5-4-6-10-17/h4-14,22,28H,15-16H2,1-3H3/b14-13+. The maximum Gasteiger partial charge on any atom is 0.290 e. The average Bonchev–Trinajstić information content (AvgIpc) is 3.01. The highest BCUT2D eigenvalue weighted by atomic mass is 16.5. The second-order valence-electron chi connectivity index (χ2n) is 7.32. The van der Waals surface area contributed by atoms with Gasteiger partial charge in [-0.25, -0.2) is 0 Å². The molecule has 156 valence electrons. The van der Waals surface area contributed by atoms with Crippen molar-refractivity contribution in [3.05, 3.63) is 83.1 Å². The van der Waals surface area contributed by atoms with Crippen LogP contribution in [0.3, 0.4) is 0 Å². The van der Waals surface area contributed by atoms with Gasteiger partial charge in [-0.15, -0.1) is 0 Å². The first-order valence-electron chi connectivity index (χ1n) is 9.73. The van der Waals surface area contributed by atoms with E-state index in [1.165, 1.54) is 11.0 Å². The molecule has 0 spiro atoms. The summed E-state index contributed by atoms with van der Waals surface area (Å²) in [6.07, 6.45) is 3.07. The molecule has 1 atom stereocenters. The van der Waals surface area contributed by atoms with E-state index in [9.17, 15) is 14.7 Å². The number of aliphatic hydroxyl groups excluding tert-OH is 1. The van der Waals surface area contributed by atoms with E-state index < -0.39 is 23.5 Å². The molecule has 0 bridgehead atoms. The van der Waals surface area contributed by atoms with Gasteiger partial charge in [0.15, 0.2) is 11.5 Å². The van der Waals surface area contributed by atoms with Gasteiger partial charge in [-0.1, -0.05) is 54.6 Å². The number of nitrogens with zero attached hydrogens (tertiary/aromatic N) is 2. The monoisotopic (exact) mass is 406 g/mol. The predicted molar refractivity (Wildman–Crippen MR) is 116 cm³/mol. The van der Waals surface area contributed by atoms with E-state index in [0.29, 0.717) is 24.4 Å². The van der Waals surface area contributed by atoms with Crippen LogP contribution in [0.1, 0.15) is 17.2 Å². The first-order chi connectivity index (χ1) is 14.4. The Bertz CT molecular complexity index is 980. The molecule has 2 aromatic rings. The zero-order valence-corrected chi connectivity index (χ0v) is 17.4. The lowest BCUT2D eigenvalue weighted by atomic mass is 9.94. The number of aliphatic hydroxyl groups is 1. The topological polar surface area (TPSA) is 70.1 Å². The summed E-state index contributed by atoms with van der Waals surface area (Å²) in [6, 6.07) is 15.9. The highest BCUT2D eigenvalue weighted by molar-refractivity contribution is 6.14. The fourth-order valence-corrected chi connectivity index (χ4v) is 3.49. The summed E-state index contributed by atoms with van der Waals surface area (Å²) in [4.78, 5) is 29.4. The van der Waals surface area contributed by atoms with Gasteiger partial charge in [-0.05, 0) is 31.8 Å². The van der Waals surface area contributed by atoms with Gasteiger partial charge in [0.05, 0.1) is 18.7 Å². The highest BCUT2D eigenvalue weighted by Crippen LogP contribution is 2.41. The molecule has 0 saturated heterocycles. The molecule has 1 N–H and O–H groups in total. The molecule has 1 amide bonds. The minimum atomic E-state index is -0.721. The number of rotatable bonds is 8. The molecule has 0 saturated carbocycles. The number of amides is 1. The molecule has 0 fully saturated rings. The van der Waals surface area contributed by atoms with Crippen LogP contribution in [0, 0.1) is 0 Å². The second-order valence-corrected chi connectivity index (χ2v) is 7.32. The number of carbonyl (C=O) groups excluding carboxylic acids is 2. The van der Waals surface area contributed by atoms with Crippen LogP contribution in [0.2, 0.25) is 0 Å². The molecule has 1 aliphatic heterocycles. The van der Waals surface area contributed by atoms with E-state index >= 15 is 0 Å². The second kappa shape index (κ2) is 9.41. The van der Waals surface area contributed by atoms with Crippen molar-refractivity contribution in [3.8, 4) is 5.75 Å². The molecule has 0 radical (unpaired) electrons. The molecule has 6 nitrogen and oxygen atoms in total. The maximum atomic E-state index is 13.1. The molecule has 0 aromatic heterocycles. The van der Waals surface area contributed by atoms with Crippen LogP contribution in [0.5, 0.6) is 5.75 Å². The Morgan fingerprint density at radius 1 is 1.13 bits per heavy atom. The van der Waals surface area contributed by atoms with E-state index in [1.807, 2.05) is 67.5 Å². The van der Waals surface area contributed by atoms with Crippen molar-refractivity contribution in [1.82, 2.24) is 9.80 Å². The van der Waals surface area contributed by atoms with Gasteiger partial charge >= 0.3 is 0 Å². The average molecular weight is 406 g/mol. The summed E-state index contributed by atoms with van der Waals surface area (Å²) >= 11 is 0. The molecule has 1 unspecified atom stereocenters. The first-order valence-corrected chi connectivity index (χ1v) is 9.73. The highest BCUT2D eigenvalue weighted by Gasteiger charge is 2.43. The van der Waals surface area contributed by atoms with Crippen molar-refractivity contribution in [2.45, 2.75) is 6.04 Å². The van der Waals surface area contributed by atoms with Crippen molar-refractivity contribution < 1.29 is 19.4 Å². The van der Waals surface area contributed by atoms with E-state index in [0.717, 1.165) is 5.56 Å². The van der Waals surface area contributed by atoms with Gasteiger partial charge in [0.25, 0.3) is 5.91 Å². The molecule has 3 rings (SSSR count). The van der Waals surface area contributed by atoms with Gasteiger partial charge in [0, 0.05) is 18.7 Å². The Labute approximate surface area is 176 Å². The minimum Gasteiger partial charge on any atom is -0.503 e. The number of carbonyl (C=O) groups is 2. The lowest BCUT2D eigenvalue weighted by molar-refractivity contribution is -0.129. The smallest absolute Gasteiger partial charge is 0.290 e. The quantitative estimate of drug-likeness (QED) is 0.682. The van der Waals surface area contributed by atoms with Crippen LogP contribution in [-0.4, -0.2) is 60.9 Å². The fraction of sp³-hybridized carbons (Fsp3) is 0.250. The normalized spacial score (nSPS) is 16.7. The summed E-state index contributed by atoms with van der Waals surface area (Å²) in [5.74, 6) is -0.915. The van der Waals surface area contributed by atoms with Crippen LogP contribution in [0.25, 0.3) is 6.08 Å². The van der Waals surface area contributed by atoms with Crippen molar-refractivity contribution >= 4 is 17.8 Å². The van der Waals surface area contributed by atoms with E-state index in [2.05, 4.69) is 0 Å².